The lowest BCUT2D eigenvalue weighted by molar-refractivity contribution is -0.130. The van der Waals surface area contributed by atoms with E-state index in [1.165, 1.54) is 37.4 Å². The smallest absolute Gasteiger partial charge is 0.266 e. The Morgan fingerprint density at radius 3 is 2.22 bits per heavy atom. The molecule has 278 valence electrons. The summed E-state index contributed by atoms with van der Waals surface area (Å²) in [5.41, 5.74) is 1.03. The zero-order chi connectivity index (χ0) is 37.2. The number of carbonyl (C=O) groups excluding carboxylic acids is 2. The van der Waals surface area contributed by atoms with Crippen molar-refractivity contribution >= 4 is 43.1 Å². The summed E-state index contributed by atoms with van der Waals surface area (Å²) in [4.78, 5) is 28.3. The van der Waals surface area contributed by atoms with Gasteiger partial charge in [-0.1, -0.05) is 69.9 Å². The highest BCUT2D eigenvalue weighted by Crippen LogP contribution is 2.48. The number of hydrogen-bond acceptors (Lipinski definition) is 10. The van der Waals surface area contributed by atoms with E-state index in [9.17, 15) is 31.5 Å². The predicted molar refractivity (Wildman–Crippen MR) is 194 cm³/mol. The molecule has 0 aromatic heterocycles. The molecule has 2 amide bonds. The lowest BCUT2D eigenvalue weighted by Gasteiger charge is -2.37. The molecule has 51 heavy (non-hydrogen) atoms. The first-order valence-electron chi connectivity index (χ1n) is 16.9. The van der Waals surface area contributed by atoms with Gasteiger partial charge in [0.15, 0.2) is 27.9 Å². The molecule has 4 rings (SSSR count). The van der Waals surface area contributed by atoms with Gasteiger partial charge in [0.1, 0.15) is 11.8 Å². The van der Waals surface area contributed by atoms with Crippen LogP contribution in [0.3, 0.4) is 0 Å². The number of para-hydroxylation sites is 1. The van der Waals surface area contributed by atoms with Crippen LogP contribution in [0.1, 0.15) is 64.0 Å². The molecule has 1 heterocycles. The highest BCUT2D eigenvalue weighted by Gasteiger charge is 2.42. The van der Waals surface area contributed by atoms with E-state index in [1.807, 2.05) is 35.2 Å². The van der Waals surface area contributed by atoms with Crippen LogP contribution in [0.2, 0.25) is 0 Å². The molecule has 0 radical (unpaired) electrons. The Kier molecular flexibility index (Phi) is 13.3. The number of nitrogens with zero attached hydrogens (tertiary/aromatic N) is 1. The molecule has 3 aromatic rings. The average molecular weight is 746 g/mol. The van der Waals surface area contributed by atoms with Crippen LogP contribution in [0.5, 0.6) is 17.2 Å². The minimum absolute atomic E-state index is 0.0105. The molecule has 1 aliphatic rings. The normalized spacial score (nSPS) is 15.6. The van der Waals surface area contributed by atoms with Crippen LogP contribution in [-0.2, 0) is 29.5 Å². The van der Waals surface area contributed by atoms with Gasteiger partial charge in [-0.3, -0.25) is 14.1 Å². The van der Waals surface area contributed by atoms with Gasteiger partial charge in [0.05, 0.1) is 29.2 Å². The van der Waals surface area contributed by atoms with Crippen molar-refractivity contribution in [3.63, 3.8) is 0 Å². The molecule has 0 saturated carbocycles. The largest absolute Gasteiger partial charge is 0.508 e. The molecule has 13 nitrogen and oxygen atoms in total. The highest BCUT2D eigenvalue weighted by molar-refractivity contribution is 7.91. The maximum absolute atomic E-state index is 14.3. The highest BCUT2D eigenvalue weighted by atomic mass is 32.2. The van der Waals surface area contributed by atoms with Gasteiger partial charge in [-0.05, 0) is 42.7 Å². The van der Waals surface area contributed by atoms with Crippen molar-refractivity contribution in [3.8, 4) is 17.2 Å². The number of anilines is 2. The molecule has 0 saturated heterocycles. The Morgan fingerprint density at radius 1 is 0.980 bits per heavy atom. The number of methoxy groups -OCH3 is 1. The molecule has 1 aliphatic heterocycles. The van der Waals surface area contributed by atoms with Gasteiger partial charge in [-0.15, -0.1) is 0 Å². The minimum Gasteiger partial charge on any atom is -0.508 e. The standard InChI is InChI=1S/C36H47N3O10S2/c1-4-6-17-36(18-7-5-2)24-39(27-11-9-8-10-12-27)29-21-30(48-3)31(22-32(29)50(43,44)25-36)49-23-33(41)38-34(26-13-15-28(40)16-14-26)35(42)37-19-20-51(45,46)47/h8-16,21-22,34,40H,4-7,17-20,23-25H2,1-3H3,(H,37,42)(H,38,41)(H,45,46,47). The third kappa shape index (κ3) is 10.6. The van der Waals surface area contributed by atoms with Crippen LogP contribution in [0.25, 0.3) is 0 Å². The molecule has 0 fully saturated rings. The van der Waals surface area contributed by atoms with Crippen LogP contribution in [0.15, 0.2) is 71.6 Å². The van der Waals surface area contributed by atoms with Gasteiger partial charge in [-0.2, -0.15) is 8.42 Å². The summed E-state index contributed by atoms with van der Waals surface area (Å²) in [6.45, 7) is 3.62. The second-order valence-corrected chi connectivity index (χ2v) is 16.3. The van der Waals surface area contributed by atoms with Crippen LogP contribution in [-0.4, -0.2) is 76.6 Å². The van der Waals surface area contributed by atoms with Crippen LogP contribution in [0, 0.1) is 5.41 Å². The molecule has 0 spiro atoms. The van der Waals surface area contributed by atoms with E-state index in [1.54, 1.807) is 6.07 Å². The fourth-order valence-electron chi connectivity index (χ4n) is 6.30. The SMILES string of the molecule is CCCCC1(CCCC)CN(c2ccccc2)c2cc(OC)c(OCC(=O)NC(C(=O)NCCS(=O)(=O)O)c3ccc(O)cc3)cc2S(=O)(=O)C1. The van der Waals surface area contributed by atoms with Crippen molar-refractivity contribution in [2.24, 2.45) is 5.41 Å². The van der Waals surface area contributed by atoms with Gasteiger partial charge < -0.3 is 30.1 Å². The summed E-state index contributed by atoms with van der Waals surface area (Å²) in [5, 5.41) is 14.6. The number of unbranched alkanes of at least 4 members (excludes halogenated alkanes) is 2. The van der Waals surface area contributed by atoms with Crippen molar-refractivity contribution in [2.75, 3.05) is 43.2 Å². The van der Waals surface area contributed by atoms with Gasteiger partial charge in [0.2, 0.25) is 5.91 Å². The van der Waals surface area contributed by atoms with Crippen molar-refractivity contribution in [1.29, 1.82) is 0 Å². The maximum Gasteiger partial charge on any atom is 0.266 e. The molecule has 15 heteroatoms. The lowest BCUT2D eigenvalue weighted by atomic mass is 9.79. The van der Waals surface area contributed by atoms with Crippen molar-refractivity contribution in [2.45, 2.75) is 63.3 Å². The van der Waals surface area contributed by atoms with Crippen molar-refractivity contribution in [3.05, 3.63) is 72.3 Å². The van der Waals surface area contributed by atoms with E-state index in [4.69, 9.17) is 14.0 Å². The first-order valence-corrected chi connectivity index (χ1v) is 20.2. The monoisotopic (exact) mass is 745 g/mol. The van der Waals surface area contributed by atoms with Gasteiger partial charge in [0.25, 0.3) is 16.0 Å². The number of hydrogen-bond donors (Lipinski definition) is 4. The Labute approximate surface area is 300 Å². The Bertz CT molecular complexity index is 1860. The van der Waals surface area contributed by atoms with Crippen molar-refractivity contribution in [1.82, 2.24) is 10.6 Å². The zero-order valence-corrected chi connectivity index (χ0v) is 30.8. The molecule has 3 aromatic carbocycles. The number of nitrogens with one attached hydrogen (secondary N) is 2. The zero-order valence-electron chi connectivity index (χ0n) is 29.1. The molecule has 1 atom stereocenters. The fraction of sp³-hybridized carbons (Fsp3) is 0.444. The number of carbonyl (C=O) groups is 2. The summed E-state index contributed by atoms with van der Waals surface area (Å²) >= 11 is 0. The minimum atomic E-state index is -4.35. The second kappa shape index (κ2) is 17.2. The number of rotatable bonds is 17. The third-order valence-electron chi connectivity index (χ3n) is 8.86. The lowest BCUT2D eigenvalue weighted by Crippen LogP contribution is -2.43. The number of sulfone groups is 1. The first kappa shape index (κ1) is 39.4. The summed E-state index contributed by atoms with van der Waals surface area (Å²) in [6.07, 6.45) is 5.11. The summed E-state index contributed by atoms with van der Waals surface area (Å²) in [6, 6.07) is 16.7. The topological polar surface area (TPSA) is 189 Å². The van der Waals surface area contributed by atoms with Crippen LogP contribution in [0.4, 0.5) is 11.4 Å². The summed E-state index contributed by atoms with van der Waals surface area (Å²) < 4.78 is 71.5. The predicted octanol–water partition coefficient (Wildman–Crippen LogP) is 4.93. The number of phenols is 1. The average Bonchev–Trinajstić information content (AvgIpc) is 3.19. The first-order chi connectivity index (χ1) is 24.2. The number of amides is 2. The number of fused-ring (bicyclic) bond motifs is 1. The number of benzene rings is 3. The molecular weight excluding hydrogens is 699 g/mol. The fourth-order valence-corrected chi connectivity index (χ4v) is 8.77. The molecule has 0 aliphatic carbocycles. The van der Waals surface area contributed by atoms with E-state index < -0.39 is 62.1 Å². The summed E-state index contributed by atoms with van der Waals surface area (Å²) in [7, 11) is -6.81. The number of phenolic OH excluding ortho intramolecular Hbond substituents is 1. The van der Waals surface area contributed by atoms with E-state index in [0.29, 0.717) is 12.2 Å². The van der Waals surface area contributed by atoms with E-state index in [2.05, 4.69) is 24.5 Å². The van der Waals surface area contributed by atoms with Crippen molar-refractivity contribution < 1.29 is 45.6 Å². The Balaban J connectivity index is 1.66. The number of ether oxygens (including phenoxy) is 2. The second-order valence-electron chi connectivity index (χ2n) is 12.8. The molecule has 1 unspecified atom stereocenters. The quantitative estimate of drug-likeness (QED) is 0.137. The Morgan fingerprint density at radius 2 is 1.63 bits per heavy atom. The molecule has 4 N–H and O–H groups in total. The molecule has 0 bridgehead atoms. The molecular formula is C36H47N3O10S2. The van der Waals surface area contributed by atoms with E-state index >= 15 is 0 Å². The number of aromatic hydroxyl groups is 1. The summed E-state index contributed by atoms with van der Waals surface area (Å²) in [5.74, 6) is -2.20. The van der Waals surface area contributed by atoms with Gasteiger partial charge in [0, 0.05) is 36.3 Å². The Hall–Kier alpha value is -4.34. The van der Waals surface area contributed by atoms with E-state index in [0.717, 1.165) is 44.2 Å². The van der Waals surface area contributed by atoms with Crippen LogP contribution < -0.4 is 25.0 Å². The maximum atomic E-state index is 14.3. The van der Waals surface area contributed by atoms with E-state index in [-0.39, 0.29) is 33.5 Å². The van der Waals surface area contributed by atoms with Crippen LogP contribution >= 0.6 is 0 Å². The van der Waals surface area contributed by atoms with Gasteiger partial charge >= 0.3 is 0 Å². The third-order valence-corrected chi connectivity index (χ3v) is 11.6. The van der Waals surface area contributed by atoms with Gasteiger partial charge in [-0.25, -0.2) is 8.42 Å².